The van der Waals surface area contributed by atoms with Gasteiger partial charge in [0.2, 0.25) is 0 Å². The Hall–Kier alpha value is -3.84. The average molecular weight is 618 g/mol. The number of nitrogens with zero attached hydrogens (tertiary/aromatic N) is 1. The summed E-state index contributed by atoms with van der Waals surface area (Å²) in [5.74, 6) is 1.07. The van der Waals surface area contributed by atoms with Crippen LogP contribution in [-0.4, -0.2) is 0 Å². The fourth-order valence-electron chi connectivity index (χ4n) is 4.96. The Morgan fingerprint density at radius 3 is 2.17 bits per heavy atom. The van der Waals surface area contributed by atoms with Gasteiger partial charge < -0.3 is 4.90 Å². The highest BCUT2D eigenvalue weighted by molar-refractivity contribution is 5.72. The zero-order valence-electron chi connectivity index (χ0n) is 30.3. The molecule has 0 spiro atoms. The van der Waals surface area contributed by atoms with Crippen LogP contribution < -0.4 is 4.90 Å². The second kappa shape index (κ2) is 24.4. The molecule has 3 unspecified atom stereocenters. The summed E-state index contributed by atoms with van der Waals surface area (Å²) in [4.78, 5) is 2.26. The number of hydrogen-bond donors (Lipinski definition) is 0. The third kappa shape index (κ3) is 15.9. The van der Waals surface area contributed by atoms with E-state index in [0.29, 0.717) is 11.8 Å². The summed E-state index contributed by atoms with van der Waals surface area (Å²) >= 11 is 0. The minimum atomic E-state index is -0.199. The maximum Gasteiger partial charge on any atom is 0.0496 e. The number of hydrogen-bond acceptors (Lipinski definition) is 1. The van der Waals surface area contributed by atoms with Crippen molar-refractivity contribution in [3.05, 3.63) is 158 Å². The van der Waals surface area contributed by atoms with Crippen LogP contribution in [0.2, 0.25) is 0 Å². The van der Waals surface area contributed by atoms with E-state index >= 15 is 0 Å². The molecule has 0 saturated heterocycles. The van der Waals surface area contributed by atoms with Gasteiger partial charge in [0, 0.05) is 22.5 Å². The summed E-state index contributed by atoms with van der Waals surface area (Å²) in [5.41, 5.74) is 4.34. The summed E-state index contributed by atoms with van der Waals surface area (Å²) in [6.45, 7) is 21.6. The molecule has 1 aliphatic rings. The Kier molecular flexibility index (Phi) is 21.3. The van der Waals surface area contributed by atoms with Gasteiger partial charge in [0.15, 0.2) is 0 Å². The van der Waals surface area contributed by atoms with Gasteiger partial charge in [-0.2, -0.15) is 0 Å². The van der Waals surface area contributed by atoms with E-state index in [1.807, 2.05) is 20.8 Å². The van der Waals surface area contributed by atoms with Crippen molar-refractivity contribution in [1.82, 2.24) is 0 Å². The van der Waals surface area contributed by atoms with Crippen LogP contribution in [0.4, 0.5) is 11.4 Å². The molecule has 0 saturated carbocycles. The van der Waals surface area contributed by atoms with Gasteiger partial charge in [0.05, 0.1) is 0 Å². The second-order valence-corrected chi connectivity index (χ2v) is 11.9. The molecule has 0 amide bonds. The van der Waals surface area contributed by atoms with Crippen molar-refractivity contribution in [2.24, 2.45) is 17.3 Å². The number of allylic oxidation sites excluding steroid dienone is 14. The first-order chi connectivity index (χ1) is 22.3. The maximum atomic E-state index is 4.46. The number of para-hydroxylation sites is 2. The van der Waals surface area contributed by atoms with Gasteiger partial charge in [-0.1, -0.05) is 170 Å². The molecule has 3 atom stereocenters. The molecule has 1 heterocycles. The Morgan fingerprint density at radius 2 is 1.52 bits per heavy atom. The summed E-state index contributed by atoms with van der Waals surface area (Å²) in [6.07, 6.45) is 38.2. The van der Waals surface area contributed by atoms with E-state index < -0.39 is 0 Å². The Labute approximate surface area is 284 Å². The van der Waals surface area contributed by atoms with Crippen LogP contribution in [0, 0.1) is 17.3 Å². The fraction of sp³-hybridized carbons (Fsp3) is 0.378. The third-order valence-corrected chi connectivity index (χ3v) is 7.58. The van der Waals surface area contributed by atoms with Gasteiger partial charge in [-0.25, -0.2) is 0 Å². The SMILES string of the molecule is C/C=C\CC.C=C1/C=C\C(C)(C=C/C=C\C(C)CC/C=C\C(C)/C=C\CCC)/C=C\Cc2ccccc2N1c1ccccc1.CC. The van der Waals surface area contributed by atoms with Crippen molar-refractivity contribution < 1.29 is 0 Å². The molecule has 0 N–H and O–H groups in total. The Morgan fingerprint density at radius 1 is 0.848 bits per heavy atom. The van der Waals surface area contributed by atoms with E-state index in [4.69, 9.17) is 0 Å². The van der Waals surface area contributed by atoms with E-state index in [9.17, 15) is 0 Å². The molecule has 1 nitrogen and oxygen atoms in total. The maximum absolute atomic E-state index is 4.46. The van der Waals surface area contributed by atoms with Crippen molar-refractivity contribution in [3.63, 3.8) is 0 Å². The van der Waals surface area contributed by atoms with Gasteiger partial charge in [-0.15, -0.1) is 0 Å². The average Bonchev–Trinajstić information content (AvgIpc) is 3.07. The van der Waals surface area contributed by atoms with Crippen molar-refractivity contribution in [2.75, 3.05) is 4.90 Å². The van der Waals surface area contributed by atoms with E-state index in [-0.39, 0.29) is 5.41 Å². The van der Waals surface area contributed by atoms with Crippen molar-refractivity contribution >= 4 is 11.4 Å². The van der Waals surface area contributed by atoms with Gasteiger partial charge >= 0.3 is 0 Å². The third-order valence-electron chi connectivity index (χ3n) is 7.58. The van der Waals surface area contributed by atoms with E-state index in [2.05, 4.69) is 186 Å². The molecule has 0 bridgehead atoms. The topological polar surface area (TPSA) is 3.24 Å². The van der Waals surface area contributed by atoms with Crippen LogP contribution in [0.15, 0.2) is 152 Å². The van der Waals surface area contributed by atoms with E-state index in [1.165, 1.54) is 24.1 Å². The van der Waals surface area contributed by atoms with Crippen LogP contribution in [-0.2, 0) is 6.42 Å². The number of anilines is 2. The number of benzene rings is 2. The lowest BCUT2D eigenvalue weighted by molar-refractivity contribution is 0.656. The summed E-state index contributed by atoms with van der Waals surface area (Å²) < 4.78 is 0. The quantitative estimate of drug-likeness (QED) is 0.169. The molecular formula is C45H63N. The van der Waals surface area contributed by atoms with Crippen LogP contribution in [0.5, 0.6) is 0 Å². The number of rotatable bonds is 12. The van der Waals surface area contributed by atoms with Crippen molar-refractivity contribution in [2.45, 2.75) is 93.9 Å². The minimum absolute atomic E-state index is 0.199. The highest BCUT2D eigenvalue weighted by Crippen LogP contribution is 2.35. The lowest BCUT2D eigenvalue weighted by Gasteiger charge is -2.29. The predicted molar refractivity (Wildman–Crippen MR) is 210 cm³/mol. The second-order valence-electron chi connectivity index (χ2n) is 11.9. The molecule has 1 aliphatic heterocycles. The number of fused-ring (bicyclic) bond motifs is 1. The zero-order chi connectivity index (χ0) is 34.0. The van der Waals surface area contributed by atoms with E-state index in [1.54, 1.807) is 0 Å². The molecule has 0 radical (unpaired) electrons. The molecule has 248 valence electrons. The predicted octanol–water partition coefficient (Wildman–Crippen LogP) is 14.1. The molecule has 0 aromatic heterocycles. The van der Waals surface area contributed by atoms with Gasteiger partial charge in [-0.05, 0) is 87.6 Å². The highest BCUT2D eigenvalue weighted by Gasteiger charge is 2.18. The lowest BCUT2D eigenvalue weighted by Crippen LogP contribution is -2.17. The van der Waals surface area contributed by atoms with Gasteiger partial charge in [0.1, 0.15) is 0 Å². The molecule has 46 heavy (non-hydrogen) atoms. The minimum Gasteiger partial charge on any atom is -0.311 e. The molecule has 1 heteroatoms. The molecule has 0 aliphatic carbocycles. The first-order valence-corrected chi connectivity index (χ1v) is 17.6. The molecule has 2 aromatic carbocycles. The largest absolute Gasteiger partial charge is 0.311 e. The van der Waals surface area contributed by atoms with Crippen LogP contribution >= 0.6 is 0 Å². The monoisotopic (exact) mass is 617 g/mol. The first-order valence-electron chi connectivity index (χ1n) is 17.6. The number of unbranched alkanes of at least 4 members (excludes halogenated alkanes) is 1. The smallest absolute Gasteiger partial charge is 0.0496 e. The summed E-state index contributed by atoms with van der Waals surface area (Å²) in [6, 6.07) is 19.1. The summed E-state index contributed by atoms with van der Waals surface area (Å²) in [5, 5.41) is 0. The van der Waals surface area contributed by atoms with Crippen LogP contribution in [0.1, 0.15) is 93.1 Å². The summed E-state index contributed by atoms with van der Waals surface area (Å²) in [7, 11) is 0. The lowest BCUT2D eigenvalue weighted by atomic mass is 9.87. The molecule has 3 rings (SSSR count). The Bertz CT molecular complexity index is 1300. The van der Waals surface area contributed by atoms with Crippen molar-refractivity contribution in [3.8, 4) is 0 Å². The van der Waals surface area contributed by atoms with Gasteiger partial charge in [-0.3, -0.25) is 0 Å². The molecule has 0 fully saturated rings. The fourth-order valence-corrected chi connectivity index (χ4v) is 4.96. The van der Waals surface area contributed by atoms with Crippen LogP contribution in [0.3, 0.4) is 0 Å². The van der Waals surface area contributed by atoms with Gasteiger partial charge in [0.25, 0.3) is 0 Å². The van der Waals surface area contributed by atoms with E-state index in [0.717, 1.165) is 37.1 Å². The zero-order valence-corrected chi connectivity index (χ0v) is 30.3. The van der Waals surface area contributed by atoms with Crippen molar-refractivity contribution in [1.29, 1.82) is 0 Å². The molecule has 2 aromatic rings. The first kappa shape index (κ1) is 40.2. The molecular weight excluding hydrogens is 555 g/mol. The Balaban J connectivity index is 0.00000137. The highest BCUT2D eigenvalue weighted by atomic mass is 15.1. The van der Waals surface area contributed by atoms with Crippen LogP contribution in [0.25, 0.3) is 0 Å². The standard InChI is InChI=1S/C38H47N.C5H10.C2H6/c1-6-7-9-19-32(2)20-12-13-21-33(3)22-16-17-29-38(5)30-18-24-35-23-14-15-27-37(35)39(34(4)28-31-38)36-25-10-8-11-26-36;1-3-5-4-2;1-2/h8-12,14-20,22-23,25-33H,4,6-7,13,21,24H2,1-3,5H3;3,5H,4H2,1-2H3;1-2H3/b19-9-,20-12-,22-16-,29-17?,30-18-,31-28-;5-3-;. The normalized spacial score (nSPS) is 19.5.